The normalized spacial score (nSPS) is 11.5. The number of nitrogens with one attached hydrogen (secondary N) is 1. The van der Waals surface area contributed by atoms with Crippen LogP contribution < -0.4 is 11.1 Å². The maximum atomic E-state index is 11.4. The lowest BCUT2D eigenvalue weighted by molar-refractivity contribution is -0.121. The predicted molar refractivity (Wildman–Crippen MR) is 64.7 cm³/mol. The molecule has 0 radical (unpaired) electrons. The van der Waals surface area contributed by atoms with E-state index in [4.69, 9.17) is 5.73 Å². The van der Waals surface area contributed by atoms with Gasteiger partial charge in [-0.05, 0) is 20.3 Å². The molecule has 0 spiro atoms. The van der Waals surface area contributed by atoms with Gasteiger partial charge in [0.05, 0.1) is 0 Å². The Morgan fingerprint density at radius 2 is 1.80 bits per heavy atom. The Morgan fingerprint density at radius 3 is 2.33 bits per heavy atom. The highest BCUT2D eigenvalue weighted by Crippen LogP contribution is 2.04. The zero-order valence-electron chi connectivity index (χ0n) is 10.4. The first-order chi connectivity index (χ1) is 6.95. The second kappa shape index (κ2) is 7.69. The fourth-order valence-corrected chi connectivity index (χ4v) is 1.30. The van der Waals surface area contributed by atoms with Gasteiger partial charge >= 0.3 is 0 Å². The Morgan fingerprint density at radius 1 is 1.20 bits per heavy atom. The minimum atomic E-state index is -0.308. The molecule has 3 nitrogen and oxygen atoms in total. The number of unbranched alkanes of at least 4 members (excludes halogenated alkanes) is 4. The Kier molecular flexibility index (Phi) is 7.39. The van der Waals surface area contributed by atoms with Crippen LogP contribution in [0.25, 0.3) is 0 Å². The van der Waals surface area contributed by atoms with Crippen LogP contribution in [0, 0.1) is 0 Å². The maximum Gasteiger partial charge on any atom is 0.220 e. The van der Waals surface area contributed by atoms with Crippen LogP contribution in [0.1, 0.15) is 59.3 Å². The average Bonchev–Trinajstić information content (AvgIpc) is 2.13. The van der Waals surface area contributed by atoms with E-state index in [0.29, 0.717) is 13.0 Å². The molecule has 90 valence electrons. The van der Waals surface area contributed by atoms with E-state index in [9.17, 15) is 4.79 Å². The van der Waals surface area contributed by atoms with E-state index >= 15 is 0 Å². The van der Waals surface area contributed by atoms with Gasteiger partial charge in [0.1, 0.15) is 0 Å². The van der Waals surface area contributed by atoms with E-state index in [-0.39, 0.29) is 11.4 Å². The minimum Gasteiger partial charge on any atom is -0.354 e. The number of hydrogen-bond acceptors (Lipinski definition) is 2. The molecule has 0 aromatic rings. The van der Waals surface area contributed by atoms with Crippen LogP contribution in [0.15, 0.2) is 0 Å². The zero-order chi connectivity index (χ0) is 11.7. The molecule has 3 heteroatoms. The number of amides is 1. The number of carbonyl (C=O) groups is 1. The van der Waals surface area contributed by atoms with E-state index in [2.05, 4.69) is 12.2 Å². The standard InChI is InChI=1S/C12H26N2O/c1-4-5-6-7-8-9-11(15)14-10-12(2,3)13/h4-10,13H2,1-3H3,(H,14,15). The van der Waals surface area contributed by atoms with Crippen molar-refractivity contribution in [3.8, 4) is 0 Å². The van der Waals surface area contributed by atoms with Crippen molar-refractivity contribution < 1.29 is 4.79 Å². The van der Waals surface area contributed by atoms with Crippen molar-refractivity contribution in [2.75, 3.05) is 6.54 Å². The molecule has 0 rings (SSSR count). The second-order valence-corrected chi connectivity index (χ2v) is 4.93. The maximum absolute atomic E-state index is 11.4. The third-order valence-electron chi connectivity index (χ3n) is 2.25. The van der Waals surface area contributed by atoms with Crippen molar-refractivity contribution in [3.05, 3.63) is 0 Å². The lowest BCUT2D eigenvalue weighted by atomic mass is 10.1. The first-order valence-electron chi connectivity index (χ1n) is 6.01. The summed E-state index contributed by atoms with van der Waals surface area (Å²) >= 11 is 0. The molecule has 0 atom stereocenters. The summed E-state index contributed by atoms with van der Waals surface area (Å²) in [6.45, 7) is 6.57. The molecule has 0 bridgehead atoms. The van der Waals surface area contributed by atoms with E-state index in [1.54, 1.807) is 0 Å². The largest absolute Gasteiger partial charge is 0.354 e. The van der Waals surface area contributed by atoms with Crippen LogP contribution in [0.2, 0.25) is 0 Å². The molecular weight excluding hydrogens is 188 g/mol. The smallest absolute Gasteiger partial charge is 0.220 e. The molecule has 0 fully saturated rings. The van der Waals surface area contributed by atoms with E-state index < -0.39 is 0 Å². The fraction of sp³-hybridized carbons (Fsp3) is 0.917. The summed E-state index contributed by atoms with van der Waals surface area (Å²) < 4.78 is 0. The topological polar surface area (TPSA) is 55.1 Å². The number of hydrogen-bond donors (Lipinski definition) is 2. The third-order valence-corrected chi connectivity index (χ3v) is 2.25. The minimum absolute atomic E-state index is 0.130. The summed E-state index contributed by atoms with van der Waals surface area (Å²) in [5.74, 6) is 0.130. The van der Waals surface area contributed by atoms with Crippen molar-refractivity contribution >= 4 is 5.91 Å². The summed E-state index contributed by atoms with van der Waals surface area (Å²) in [6, 6.07) is 0. The van der Waals surface area contributed by atoms with Crippen LogP contribution in [0.5, 0.6) is 0 Å². The molecule has 0 aliphatic carbocycles. The molecule has 0 aliphatic heterocycles. The van der Waals surface area contributed by atoms with Crippen LogP contribution in [0.3, 0.4) is 0 Å². The van der Waals surface area contributed by atoms with Crippen LogP contribution in [0.4, 0.5) is 0 Å². The van der Waals surface area contributed by atoms with Crippen molar-refractivity contribution in [1.29, 1.82) is 0 Å². The number of carbonyl (C=O) groups excluding carboxylic acids is 1. The van der Waals surface area contributed by atoms with Gasteiger partial charge in [-0.15, -0.1) is 0 Å². The summed E-state index contributed by atoms with van der Waals surface area (Å²) in [6.07, 6.45) is 6.56. The summed E-state index contributed by atoms with van der Waals surface area (Å²) in [7, 11) is 0. The molecule has 0 aromatic heterocycles. The first kappa shape index (κ1) is 14.4. The fourth-order valence-electron chi connectivity index (χ4n) is 1.30. The van der Waals surface area contributed by atoms with Gasteiger partial charge in [-0.25, -0.2) is 0 Å². The molecule has 0 saturated heterocycles. The van der Waals surface area contributed by atoms with E-state index in [1.807, 2.05) is 13.8 Å². The Labute approximate surface area is 93.8 Å². The van der Waals surface area contributed by atoms with Crippen molar-refractivity contribution in [3.63, 3.8) is 0 Å². The van der Waals surface area contributed by atoms with Crippen molar-refractivity contribution in [2.45, 2.75) is 64.8 Å². The molecule has 3 N–H and O–H groups in total. The van der Waals surface area contributed by atoms with Crippen molar-refractivity contribution in [1.82, 2.24) is 5.32 Å². The van der Waals surface area contributed by atoms with Crippen LogP contribution in [-0.4, -0.2) is 18.0 Å². The SMILES string of the molecule is CCCCCCCC(=O)NCC(C)(C)N. The van der Waals surface area contributed by atoms with Gasteiger partial charge in [0.25, 0.3) is 0 Å². The first-order valence-corrected chi connectivity index (χ1v) is 6.01. The molecule has 0 unspecified atom stereocenters. The number of rotatable bonds is 8. The Bertz CT molecular complexity index is 173. The van der Waals surface area contributed by atoms with Gasteiger partial charge in [-0.1, -0.05) is 32.6 Å². The van der Waals surface area contributed by atoms with Crippen molar-refractivity contribution in [2.24, 2.45) is 5.73 Å². The highest BCUT2D eigenvalue weighted by molar-refractivity contribution is 5.75. The quantitative estimate of drug-likeness (QED) is 0.609. The van der Waals surface area contributed by atoms with Gasteiger partial charge in [-0.3, -0.25) is 4.79 Å². The lowest BCUT2D eigenvalue weighted by Gasteiger charge is -2.18. The third kappa shape index (κ3) is 11.4. The Balaban J connectivity index is 3.34. The monoisotopic (exact) mass is 214 g/mol. The predicted octanol–water partition coefficient (Wildman–Crippen LogP) is 2.20. The second-order valence-electron chi connectivity index (χ2n) is 4.93. The highest BCUT2D eigenvalue weighted by Gasteiger charge is 2.11. The molecule has 0 aromatic carbocycles. The molecule has 0 saturated carbocycles. The molecule has 0 aliphatic rings. The van der Waals surface area contributed by atoms with Gasteiger partial charge < -0.3 is 11.1 Å². The zero-order valence-corrected chi connectivity index (χ0v) is 10.4. The Hall–Kier alpha value is -0.570. The van der Waals surface area contributed by atoms with E-state index in [0.717, 1.165) is 12.8 Å². The van der Waals surface area contributed by atoms with Gasteiger partial charge in [0, 0.05) is 18.5 Å². The van der Waals surface area contributed by atoms with Crippen LogP contribution >= 0.6 is 0 Å². The average molecular weight is 214 g/mol. The molecule has 1 amide bonds. The lowest BCUT2D eigenvalue weighted by Crippen LogP contribution is -2.45. The molecule has 15 heavy (non-hydrogen) atoms. The molecule has 0 heterocycles. The summed E-state index contributed by atoms with van der Waals surface area (Å²) in [5.41, 5.74) is 5.46. The summed E-state index contributed by atoms with van der Waals surface area (Å²) in [4.78, 5) is 11.4. The number of nitrogens with two attached hydrogens (primary N) is 1. The van der Waals surface area contributed by atoms with E-state index in [1.165, 1.54) is 19.3 Å². The molecular formula is C12H26N2O. The highest BCUT2D eigenvalue weighted by atomic mass is 16.1. The van der Waals surface area contributed by atoms with Gasteiger partial charge in [0.2, 0.25) is 5.91 Å². The van der Waals surface area contributed by atoms with Gasteiger partial charge in [-0.2, -0.15) is 0 Å². The van der Waals surface area contributed by atoms with Crippen LogP contribution in [-0.2, 0) is 4.79 Å². The summed E-state index contributed by atoms with van der Waals surface area (Å²) in [5, 5.41) is 2.85. The van der Waals surface area contributed by atoms with Gasteiger partial charge in [0.15, 0.2) is 0 Å².